The third kappa shape index (κ3) is 3.65. The highest BCUT2D eigenvalue weighted by Gasteiger charge is 2.44. The molecule has 0 radical (unpaired) electrons. The Morgan fingerprint density at radius 1 is 0.867 bits per heavy atom. The number of nitrogens with zero attached hydrogens (tertiary/aromatic N) is 2. The second-order valence-corrected chi connectivity index (χ2v) is 13.4. The molecule has 0 bridgehead atoms. The lowest BCUT2D eigenvalue weighted by molar-refractivity contribution is 0.252. The summed E-state index contributed by atoms with van der Waals surface area (Å²) in [5, 5.41) is 0. The summed E-state index contributed by atoms with van der Waals surface area (Å²) in [4.78, 5) is 0. The minimum atomic E-state index is -1.98. The van der Waals surface area contributed by atoms with Crippen molar-refractivity contribution in [1.82, 2.24) is 9.13 Å². The van der Waals surface area contributed by atoms with Crippen LogP contribution in [0.3, 0.4) is 0 Å². The van der Waals surface area contributed by atoms with Crippen molar-refractivity contribution < 1.29 is 8.85 Å². The maximum atomic E-state index is 5.58. The molecule has 4 nitrogen and oxygen atoms in total. The lowest BCUT2D eigenvalue weighted by Crippen LogP contribution is -2.63. The van der Waals surface area contributed by atoms with Gasteiger partial charge in [0.1, 0.15) is 0 Å². The Bertz CT molecular complexity index is 189. The summed E-state index contributed by atoms with van der Waals surface area (Å²) < 4.78 is 15.8. The zero-order valence-corrected chi connectivity index (χ0v) is 13.4. The lowest BCUT2D eigenvalue weighted by atomic mass is 11.2. The Hall–Kier alpha value is 0.274. The highest BCUT2D eigenvalue weighted by molar-refractivity contribution is 6.88. The van der Waals surface area contributed by atoms with Crippen LogP contribution in [-0.2, 0) is 8.85 Å². The first-order valence-electron chi connectivity index (χ1n) is 5.17. The van der Waals surface area contributed by atoms with E-state index in [0.717, 1.165) is 5.67 Å². The Morgan fingerprint density at radius 2 is 1.20 bits per heavy atom. The predicted molar refractivity (Wildman–Crippen MR) is 69.4 cm³/mol. The van der Waals surface area contributed by atoms with E-state index in [0.29, 0.717) is 0 Å². The molecule has 0 N–H and O–H groups in total. The average Bonchev–Trinajstić information content (AvgIpc) is 2.16. The summed E-state index contributed by atoms with van der Waals surface area (Å²) in [5.74, 6) is 0. The normalized spacial score (nSPS) is 14.0. The van der Waals surface area contributed by atoms with E-state index in [4.69, 9.17) is 8.85 Å². The van der Waals surface area contributed by atoms with Gasteiger partial charge in [0.2, 0.25) is 8.40 Å². The summed E-state index contributed by atoms with van der Waals surface area (Å²) in [6, 6.07) is 0. The molecule has 0 aromatic carbocycles. The summed E-state index contributed by atoms with van der Waals surface area (Å²) in [6.45, 7) is 4.47. The minimum Gasteiger partial charge on any atom is -0.398 e. The molecule has 0 aliphatic rings. The monoisotopic (exact) mass is 250 g/mol. The van der Waals surface area contributed by atoms with E-state index in [2.05, 4.69) is 50.4 Å². The van der Waals surface area contributed by atoms with Gasteiger partial charge in [0.25, 0.3) is 0 Å². The van der Waals surface area contributed by atoms with E-state index in [1.807, 2.05) is 0 Å². The van der Waals surface area contributed by atoms with Crippen LogP contribution < -0.4 is 0 Å². The molecule has 15 heavy (non-hydrogen) atoms. The third-order valence-corrected chi connectivity index (χ3v) is 14.3. The van der Waals surface area contributed by atoms with Gasteiger partial charge in [-0.05, 0) is 41.3 Å². The minimum absolute atomic E-state index is 1.05. The van der Waals surface area contributed by atoms with Crippen LogP contribution in [0.25, 0.3) is 0 Å². The Labute approximate surface area is 96.6 Å². The quantitative estimate of drug-likeness (QED) is 0.659. The molecule has 0 amide bonds. The van der Waals surface area contributed by atoms with Crippen LogP contribution in [0.5, 0.6) is 0 Å². The molecule has 6 heteroatoms. The van der Waals surface area contributed by atoms with Gasteiger partial charge >= 0.3 is 8.56 Å². The van der Waals surface area contributed by atoms with E-state index in [1.165, 1.54) is 0 Å². The fourth-order valence-electron chi connectivity index (χ4n) is 1.55. The summed E-state index contributed by atoms with van der Waals surface area (Å²) in [5.41, 5.74) is 1.05. The Balaban J connectivity index is 4.83. The molecule has 0 fully saturated rings. The predicted octanol–water partition coefficient (Wildman–Crippen LogP) is 1.09. The molecule has 0 atom stereocenters. The smallest absolute Gasteiger partial charge is 0.334 e. The van der Waals surface area contributed by atoms with Crippen molar-refractivity contribution in [3.8, 4) is 0 Å². The Kier molecular flexibility index (Phi) is 5.66. The van der Waals surface area contributed by atoms with Gasteiger partial charge in [0.15, 0.2) is 0 Å². The first kappa shape index (κ1) is 15.3. The molecule has 0 rings (SSSR count). The Morgan fingerprint density at radius 3 is 1.40 bits per heavy atom. The highest BCUT2D eigenvalue weighted by Crippen LogP contribution is 2.23. The summed E-state index contributed by atoms with van der Waals surface area (Å²) in [7, 11) is 8.52. The fraction of sp³-hybridized carbons (Fsp3) is 1.00. The van der Waals surface area contributed by atoms with Gasteiger partial charge in [-0.2, -0.15) is 0 Å². The van der Waals surface area contributed by atoms with Crippen molar-refractivity contribution in [1.29, 1.82) is 0 Å². The number of hydrogen-bond acceptors (Lipinski definition) is 4. The molecular formula is C9H26N2O2Si2. The van der Waals surface area contributed by atoms with E-state index >= 15 is 0 Å². The van der Waals surface area contributed by atoms with E-state index in [9.17, 15) is 0 Å². The topological polar surface area (TPSA) is 24.9 Å². The average molecular weight is 250 g/mol. The van der Waals surface area contributed by atoms with Crippen molar-refractivity contribution in [2.45, 2.75) is 18.8 Å². The molecule has 0 spiro atoms. The second-order valence-electron chi connectivity index (χ2n) is 4.72. The molecule has 0 aliphatic heterocycles. The van der Waals surface area contributed by atoms with Crippen LogP contribution in [0, 0.1) is 0 Å². The van der Waals surface area contributed by atoms with Crippen LogP contribution in [0.15, 0.2) is 0 Å². The van der Waals surface area contributed by atoms with Crippen molar-refractivity contribution >= 4 is 17.0 Å². The van der Waals surface area contributed by atoms with Crippen LogP contribution in [-0.4, -0.2) is 68.5 Å². The van der Waals surface area contributed by atoms with Crippen molar-refractivity contribution in [2.75, 3.05) is 42.4 Å². The molecule has 92 valence electrons. The van der Waals surface area contributed by atoms with Gasteiger partial charge in [-0.15, -0.1) is 0 Å². The van der Waals surface area contributed by atoms with Crippen molar-refractivity contribution in [2.24, 2.45) is 0 Å². The van der Waals surface area contributed by atoms with E-state index in [-0.39, 0.29) is 0 Å². The van der Waals surface area contributed by atoms with Crippen molar-refractivity contribution in [3.05, 3.63) is 0 Å². The fourth-order valence-corrected chi connectivity index (χ4v) is 11.1. The van der Waals surface area contributed by atoms with Gasteiger partial charge in [0.05, 0.1) is 0 Å². The van der Waals surface area contributed by atoms with Crippen LogP contribution >= 0.6 is 0 Å². The van der Waals surface area contributed by atoms with Gasteiger partial charge in [0, 0.05) is 19.9 Å². The standard InChI is InChI=1S/C9H26N2O2Si2/c1-10(2)14(7,11(3)4)9-15(8,12-5)13-6/h9H2,1-8H3. The van der Waals surface area contributed by atoms with Gasteiger partial charge in [-0.25, -0.2) is 0 Å². The molecule has 0 aromatic heterocycles. The van der Waals surface area contributed by atoms with E-state index in [1.54, 1.807) is 14.2 Å². The molecule has 0 heterocycles. The molecule has 0 saturated carbocycles. The van der Waals surface area contributed by atoms with Crippen LogP contribution in [0.4, 0.5) is 0 Å². The summed E-state index contributed by atoms with van der Waals surface area (Å²) >= 11 is 0. The molecule has 0 aliphatic carbocycles. The lowest BCUT2D eigenvalue weighted by Gasteiger charge is -2.43. The van der Waals surface area contributed by atoms with Gasteiger partial charge in [-0.1, -0.05) is 0 Å². The maximum absolute atomic E-state index is 5.58. The van der Waals surface area contributed by atoms with Gasteiger partial charge < -0.3 is 18.0 Å². The molecule has 0 unspecified atom stereocenters. The SMILES string of the molecule is CO[Si](C)(C[Si](C)(N(C)C)N(C)C)OC. The zero-order valence-electron chi connectivity index (χ0n) is 11.4. The number of hydrogen-bond donors (Lipinski definition) is 0. The summed E-state index contributed by atoms with van der Waals surface area (Å²) in [6.07, 6.45) is 0. The number of rotatable bonds is 6. The molecule has 0 aromatic rings. The largest absolute Gasteiger partial charge is 0.398 e. The van der Waals surface area contributed by atoms with Crippen LogP contribution in [0.2, 0.25) is 18.8 Å². The highest BCUT2D eigenvalue weighted by atomic mass is 28.4. The maximum Gasteiger partial charge on any atom is 0.334 e. The molecular weight excluding hydrogens is 224 g/mol. The van der Waals surface area contributed by atoms with Gasteiger partial charge in [-0.3, -0.25) is 0 Å². The first-order chi connectivity index (χ1) is 6.72. The van der Waals surface area contributed by atoms with Crippen molar-refractivity contribution in [3.63, 3.8) is 0 Å². The molecule has 0 saturated heterocycles. The van der Waals surface area contributed by atoms with Crippen LogP contribution in [0.1, 0.15) is 0 Å². The second kappa shape index (κ2) is 5.56. The first-order valence-corrected chi connectivity index (χ1v) is 10.3. The third-order valence-electron chi connectivity index (χ3n) is 3.45. The van der Waals surface area contributed by atoms with E-state index < -0.39 is 17.0 Å². The zero-order chi connectivity index (χ0) is 12.3.